The normalized spacial score (nSPS) is 12.7. The van der Waals surface area contributed by atoms with Crippen molar-refractivity contribution in [1.82, 2.24) is 0 Å². The second kappa shape index (κ2) is 11.6. The number of hydrogen-bond donors (Lipinski definition) is 1. The van der Waals surface area contributed by atoms with E-state index in [1.54, 1.807) is 66.8 Å². The fourth-order valence-electron chi connectivity index (χ4n) is 2.76. The van der Waals surface area contributed by atoms with Crippen molar-refractivity contribution in [3.63, 3.8) is 0 Å². The molecule has 1 heterocycles. The SMILES string of the molecule is CCOC(=O)c1ccccc1NC(=O)COC(=O)c1ccccc1CSC1=NCCS1. The van der Waals surface area contributed by atoms with Gasteiger partial charge in [0.05, 0.1) is 30.0 Å². The second-order valence-corrected chi connectivity index (χ2v) is 8.64. The summed E-state index contributed by atoms with van der Waals surface area (Å²) in [5.41, 5.74) is 1.77. The smallest absolute Gasteiger partial charge is 0.340 e. The fraction of sp³-hybridized carbons (Fsp3) is 0.273. The van der Waals surface area contributed by atoms with Gasteiger partial charge in [0.15, 0.2) is 6.61 Å². The van der Waals surface area contributed by atoms with Gasteiger partial charge in [0, 0.05) is 11.5 Å². The summed E-state index contributed by atoms with van der Waals surface area (Å²) in [5.74, 6) is -0.0806. The Morgan fingerprint density at radius 3 is 2.48 bits per heavy atom. The number of ether oxygens (including phenoxy) is 2. The molecule has 0 aliphatic carbocycles. The Bertz CT molecular complexity index is 993. The third kappa shape index (κ3) is 6.60. The van der Waals surface area contributed by atoms with Crippen molar-refractivity contribution < 1.29 is 23.9 Å². The van der Waals surface area contributed by atoms with Gasteiger partial charge in [-0.2, -0.15) is 0 Å². The Morgan fingerprint density at radius 1 is 1.03 bits per heavy atom. The van der Waals surface area contributed by atoms with Gasteiger partial charge in [-0.15, -0.1) is 0 Å². The molecule has 1 N–H and O–H groups in total. The maximum atomic E-state index is 12.6. The molecule has 2 aromatic rings. The molecule has 0 bridgehead atoms. The molecule has 3 rings (SSSR count). The van der Waals surface area contributed by atoms with Gasteiger partial charge in [0.1, 0.15) is 4.38 Å². The number of benzene rings is 2. The number of aliphatic imine (C=N–C) groups is 1. The van der Waals surface area contributed by atoms with E-state index in [1.165, 1.54) is 0 Å². The number of para-hydroxylation sites is 1. The molecule has 1 amide bonds. The van der Waals surface area contributed by atoms with Gasteiger partial charge in [0.2, 0.25) is 0 Å². The topological polar surface area (TPSA) is 94.1 Å². The highest BCUT2D eigenvalue weighted by atomic mass is 32.2. The largest absolute Gasteiger partial charge is 0.462 e. The Balaban J connectivity index is 1.58. The summed E-state index contributed by atoms with van der Waals surface area (Å²) in [4.78, 5) is 41.3. The van der Waals surface area contributed by atoms with E-state index in [9.17, 15) is 14.4 Å². The number of rotatable bonds is 8. The van der Waals surface area contributed by atoms with Crippen LogP contribution >= 0.6 is 23.5 Å². The van der Waals surface area contributed by atoms with Gasteiger partial charge >= 0.3 is 11.9 Å². The number of nitrogens with one attached hydrogen (secondary N) is 1. The van der Waals surface area contributed by atoms with Gasteiger partial charge in [-0.05, 0) is 30.7 Å². The van der Waals surface area contributed by atoms with Crippen molar-refractivity contribution in [2.75, 3.05) is 30.8 Å². The molecule has 0 saturated carbocycles. The van der Waals surface area contributed by atoms with E-state index >= 15 is 0 Å². The molecular weight excluding hydrogens is 436 g/mol. The molecule has 0 fully saturated rings. The van der Waals surface area contributed by atoms with E-state index in [4.69, 9.17) is 9.47 Å². The summed E-state index contributed by atoms with van der Waals surface area (Å²) in [6.45, 7) is 2.28. The van der Waals surface area contributed by atoms with Crippen LogP contribution in [0.15, 0.2) is 53.5 Å². The summed E-state index contributed by atoms with van der Waals surface area (Å²) in [6, 6.07) is 13.6. The number of carbonyl (C=O) groups is 3. The van der Waals surface area contributed by atoms with Crippen molar-refractivity contribution >= 4 is 51.4 Å². The molecule has 162 valence electrons. The lowest BCUT2D eigenvalue weighted by atomic mass is 10.1. The van der Waals surface area contributed by atoms with Crippen LogP contribution in [0, 0.1) is 0 Å². The number of carbonyl (C=O) groups excluding carboxylic acids is 3. The van der Waals surface area contributed by atoms with E-state index in [2.05, 4.69) is 10.3 Å². The van der Waals surface area contributed by atoms with E-state index in [1.807, 2.05) is 12.1 Å². The molecule has 1 aliphatic heterocycles. The average Bonchev–Trinajstić information content (AvgIpc) is 3.30. The van der Waals surface area contributed by atoms with Gasteiger partial charge in [-0.3, -0.25) is 9.79 Å². The molecule has 0 saturated heterocycles. The highest BCUT2D eigenvalue weighted by molar-refractivity contribution is 8.38. The Hall–Kier alpha value is -2.78. The van der Waals surface area contributed by atoms with Crippen LogP contribution in [0.1, 0.15) is 33.2 Å². The van der Waals surface area contributed by atoms with E-state index in [0.29, 0.717) is 17.0 Å². The highest BCUT2D eigenvalue weighted by Crippen LogP contribution is 2.26. The lowest BCUT2D eigenvalue weighted by Gasteiger charge is -2.11. The van der Waals surface area contributed by atoms with Crippen molar-refractivity contribution in [2.45, 2.75) is 12.7 Å². The van der Waals surface area contributed by atoms with Crippen LogP contribution in [0.4, 0.5) is 5.69 Å². The Labute approximate surface area is 189 Å². The molecule has 7 nitrogen and oxygen atoms in total. The summed E-state index contributed by atoms with van der Waals surface area (Å²) >= 11 is 3.29. The van der Waals surface area contributed by atoms with E-state index < -0.39 is 24.5 Å². The number of hydrogen-bond acceptors (Lipinski definition) is 8. The standard InChI is InChI=1S/C22H22N2O5S2/c1-2-28-21(27)17-9-5-6-10-18(17)24-19(25)13-29-20(26)16-8-4-3-7-15(16)14-31-22-23-11-12-30-22/h3-10H,2,11-14H2,1H3,(H,24,25). The maximum Gasteiger partial charge on any atom is 0.340 e. The third-order valence-electron chi connectivity index (χ3n) is 4.18. The Kier molecular flexibility index (Phi) is 8.54. The lowest BCUT2D eigenvalue weighted by molar-refractivity contribution is -0.119. The minimum absolute atomic E-state index is 0.225. The number of nitrogens with zero attached hydrogens (tertiary/aromatic N) is 1. The first-order chi connectivity index (χ1) is 15.1. The van der Waals surface area contributed by atoms with Crippen LogP contribution in [0.3, 0.4) is 0 Å². The molecule has 9 heteroatoms. The first-order valence-electron chi connectivity index (χ1n) is 9.69. The molecule has 0 atom stereocenters. The van der Waals surface area contributed by atoms with Crippen LogP contribution in [0.5, 0.6) is 0 Å². The first kappa shape index (κ1) is 22.9. The van der Waals surface area contributed by atoms with E-state index in [0.717, 1.165) is 22.2 Å². The van der Waals surface area contributed by atoms with Crippen LogP contribution in [0.25, 0.3) is 0 Å². The van der Waals surface area contributed by atoms with Gasteiger partial charge in [-0.1, -0.05) is 53.9 Å². The second-order valence-electron chi connectivity index (χ2n) is 6.33. The number of esters is 2. The quantitative estimate of drug-likeness (QED) is 0.598. The third-order valence-corrected chi connectivity index (χ3v) is 6.48. The molecule has 0 spiro atoms. The van der Waals surface area contributed by atoms with Crippen LogP contribution < -0.4 is 5.32 Å². The van der Waals surface area contributed by atoms with E-state index in [-0.39, 0.29) is 12.2 Å². The van der Waals surface area contributed by atoms with Gasteiger partial charge in [0.25, 0.3) is 5.91 Å². The van der Waals surface area contributed by atoms with Crippen molar-refractivity contribution in [1.29, 1.82) is 0 Å². The number of thioether (sulfide) groups is 2. The zero-order valence-corrected chi connectivity index (χ0v) is 18.6. The molecule has 2 aromatic carbocycles. The van der Waals surface area contributed by atoms with Crippen molar-refractivity contribution in [2.24, 2.45) is 4.99 Å². The average molecular weight is 459 g/mol. The van der Waals surface area contributed by atoms with Crippen LogP contribution in [-0.4, -0.2) is 47.7 Å². The monoisotopic (exact) mass is 458 g/mol. The molecular formula is C22H22N2O5S2. The summed E-state index contributed by atoms with van der Waals surface area (Å²) < 4.78 is 11.2. The first-order valence-corrected chi connectivity index (χ1v) is 11.7. The molecule has 0 unspecified atom stereocenters. The fourth-order valence-corrected chi connectivity index (χ4v) is 4.77. The summed E-state index contributed by atoms with van der Waals surface area (Å²) in [5, 5.41) is 2.59. The predicted molar refractivity (Wildman–Crippen MR) is 124 cm³/mol. The summed E-state index contributed by atoms with van der Waals surface area (Å²) in [7, 11) is 0. The highest BCUT2D eigenvalue weighted by Gasteiger charge is 2.18. The number of anilines is 1. The zero-order valence-electron chi connectivity index (χ0n) is 17.0. The van der Waals surface area contributed by atoms with Crippen molar-refractivity contribution in [3.05, 3.63) is 65.2 Å². The minimum atomic E-state index is -0.578. The van der Waals surface area contributed by atoms with Crippen LogP contribution in [0.2, 0.25) is 0 Å². The molecule has 0 radical (unpaired) electrons. The minimum Gasteiger partial charge on any atom is -0.462 e. The zero-order chi connectivity index (χ0) is 22.1. The van der Waals surface area contributed by atoms with Gasteiger partial charge < -0.3 is 14.8 Å². The van der Waals surface area contributed by atoms with Gasteiger partial charge in [-0.25, -0.2) is 9.59 Å². The Morgan fingerprint density at radius 2 is 1.74 bits per heavy atom. The van der Waals surface area contributed by atoms with Crippen molar-refractivity contribution in [3.8, 4) is 0 Å². The molecule has 1 aliphatic rings. The predicted octanol–water partition coefficient (Wildman–Crippen LogP) is 3.99. The number of amides is 1. The van der Waals surface area contributed by atoms with Crippen LogP contribution in [-0.2, 0) is 20.0 Å². The lowest BCUT2D eigenvalue weighted by Crippen LogP contribution is -2.22. The maximum absolute atomic E-state index is 12.6. The molecule has 31 heavy (non-hydrogen) atoms. The summed E-state index contributed by atoms with van der Waals surface area (Å²) in [6.07, 6.45) is 0. The molecule has 0 aromatic heterocycles.